The van der Waals surface area contributed by atoms with Gasteiger partial charge in [-0.1, -0.05) is 19.1 Å². The maximum atomic E-state index is 13.4. The van der Waals surface area contributed by atoms with Crippen LogP contribution >= 0.6 is 0 Å². The first-order valence-corrected chi connectivity index (χ1v) is 5.47. The molecule has 0 atom stereocenters. The van der Waals surface area contributed by atoms with Crippen LogP contribution in [0.5, 0.6) is 0 Å². The molecule has 0 unspecified atom stereocenters. The highest BCUT2D eigenvalue weighted by Crippen LogP contribution is 2.23. The molecule has 90 valence electrons. The van der Waals surface area contributed by atoms with Crippen LogP contribution in [0, 0.1) is 12.7 Å². The third kappa shape index (κ3) is 2.13. The molecule has 0 aliphatic rings. The summed E-state index contributed by atoms with van der Waals surface area (Å²) >= 11 is 0. The molecule has 2 aromatic rings. The van der Waals surface area contributed by atoms with Gasteiger partial charge in [0.05, 0.1) is 11.4 Å². The van der Waals surface area contributed by atoms with Crippen LogP contribution in [0.25, 0.3) is 5.69 Å². The van der Waals surface area contributed by atoms with Crippen LogP contribution in [-0.4, -0.2) is 15.0 Å². The molecule has 1 aromatic heterocycles. The molecule has 5 heteroatoms. The van der Waals surface area contributed by atoms with Crippen molar-refractivity contribution in [2.75, 3.05) is 5.73 Å². The summed E-state index contributed by atoms with van der Waals surface area (Å²) in [6.07, 6.45) is 0. The first kappa shape index (κ1) is 11.6. The molecule has 0 aliphatic heterocycles. The van der Waals surface area contributed by atoms with Gasteiger partial charge in [0.25, 0.3) is 0 Å². The zero-order chi connectivity index (χ0) is 12.6. The zero-order valence-electron chi connectivity index (χ0n) is 10.1. The Morgan fingerprint density at radius 2 is 2.00 bits per heavy atom. The summed E-state index contributed by atoms with van der Waals surface area (Å²) in [6.45, 7) is 5.83. The van der Waals surface area contributed by atoms with Gasteiger partial charge in [-0.05, 0) is 36.6 Å². The number of nitrogen functional groups attached to an aromatic ring is 1. The second-order valence-corrected chi connectivity index (χ2v) is 4.41. The molecule has 0 bridgehead atoms. The topological polar surface area (TPSA) is 56.7 Å². The standard InChI is InChI=1S/C12H15FN4/c1-7(2)11-12(14)15-16-17(11)10-5-8(3)4-9(13)6-10/h4-7H,14H2,1-3H3. The lowest BCUT2D eigenvalue weighted by Gasteiger charge is -2.10. The molecule has 0 aliphatic carbocycles. The maximum Gasteiger partial charge on any atom is 0.169 e. The van der Waals surface area contributed by atoms with Crippen LogP contribution in [0.4, 0.5) is 10.2 Å². The summed E-state index contributed by atoms with van der Waals surface area (Å²) < 4.78 is 15.0. The summed E-state index contributed by atoms with van der Waals surface area (Å²) in [5, 5.41) is 7.81. The molecule has 0 spiro atoms. The molecule has 0 amide bonds. The first-order valence-electron chi connectivity index (χ1n) is 5.47. The van der Waals surface area contributed by atoms with E-state index in [1.807, 2.05) is 26.8 Å². The number of rotatable bonds is 2. The zero-order valence-corrected chi connectivity index (χ0v) is 10.1. The van der Waals surface area contributed by atoms with Gasteiger partial charge in [-0.3, -0.25) is 0 Å². The van der Waals surface area contributed by atoms with E-state index in [-0.39, 0.29) is 11.7 Å². The van der Waals surface area contributed by atoms with Gasteiger partial charge in [0.1, 0.15) is 5.82 Å². The molecule has 0 saturated heterocycles. The van der Waals surface area contributed by atoms with Crippen LogP contribution in [-0.2, 0) is 0 Å². The normalized spacial score (nSPS) is 11.1. The van der Waals surface area contributed by atoms with E-state index in [4.69, 9.17) is 5.73 Å². The lowest BCUT2D eigenvalue weighted by Crippen LogP contribution is -2.06. The van der Waals surface area contributed by atoms with Gasteiger partial charge in [0.15, 0.2) is 5.82 Å². The average molecular weight is 234 g/mol. The molecule has 0 radical (unpaired) electrons. The van der Waals surface area contributed by atoms with Gasteiger partial charge in [-0.25, -0.2) is 9.07 Å². The van der Waals surface area contributed by atoms with Crippen molar-refractivity contribution in [1.82, 2.24) is 15.0 Å². The number of hydrogen-bond donors (Lipinski definition) is 1. The number of halogens is 1. The molecule has 1 heterocycles. The smallest absolute Gasteiger partial charge is 0.169 e. The lowest BCUT2D eigenvalue weighted by atomic mass is 10.1. The quantitative estimate of drug-likeness (QED) is 0.868. The van der Waals surface area contributed by atoms with Crippen molar-refractivity contribution in [3.8, 4) is 5.69 Å². The van der Waals surface area contributed by atoms with E-state index in [0.29, 0.717) is 11.5 Å². The molecule has 4 nitrogen and oxygen atoms in total. The van der Waals surface area contributed by atoms with E-state index < -0.39 is 0 Å². The van der Waals surface area contributed by atoms with Gasteiger partial charge in [0, 0.05) is 0 Å². The fraction of sp³-hybridized carbons (Fsp3) is 0.333. The number of aromatic nitrogens is 3. The van der Waals surface area contributed by atoms with Crippen LogP contribution in [0.3, 0.4) is 0 Å². The lowest BCUT2D eigenvalue weighted by molar-refractivity contribution is 0.621. The van der Waals surface area contributed by atoms with Crippen molar-refractivity contribution in [3.63, 3.8) is 0 Å². The van der Waals surface area contributed by atoms with Crippen molar-refractivity contribution in [1.29, 1.82) is 0 Å². The molecule has 2 N–H and O–H groups in total. The van der Waals surface area contributed by atoms with E-state index in [1.165, 1.54) is 12.1 Å². The molecule has 17 heavy (non-hydrogen) atoms. The second-order valence-electron chi connectivity index (χ2n) is 4.41. The van der Waals surface area contributed by atoms with E-state index in [2.05, 4.69) is 10.3 Å². The predicted molar refractivity (Wildman–Crippen MR) is 64.6 cm³/mol. The summed E-state index contributed by atoms with van der Waals surface area (Å²) in [5.74, 6) is 0.277. The largest absolute Gasteiger partial charge is 0.381 e. The number of hydrogen-bond acceptors (Lipinski definition) is 3. The molecular formula is C12H15FN4. The highest BCUT2D eigenvalue weighted by atomic mass is 19.1. The van der Waals surface area contributed by atoms with Crippen LogP contribution in [0.2, 0.25) is 0 Å². The molecule has 1 aromatic carbocycles. The van der Waals surface area contributed by atoms with Crippen molar-refractivity contribution >= 4 is 5.82 Å². The Morgan fingerprint density at radius 3 is 2.59 bits per heavy atom. The van der Waals surface area contributed by atoms with E-state index >= 15 is 0 Å². The molecule has 2 rings (SSSR count). The number of benzene rings is 1. The Morgan fingerprint density at radius 1 is 1.29 bits per heavy atom. The number of nitrogens with two attached hydrogens (primary N) is 1. The van der Waals surface area contributed by atoms with Gasteiger partial charge in [-0.2, -0.15) is 0 Å². The van der Waals surface area contributed by atoms with Crippen molar-refractivity contribution in [3.05, 3.63) is 35.3 Å². The molecule has 0 fully saturated rings. The number of aryl methyl sites for hydroxylation is 1. The minimum Gasteiger partial charge on any atom is -0.381 e. The fourth-order valence-corrected chi connectivity index (χ4v) is 1.87. The average Bonchev–Trinajstić information content (AvgIpc) is 2.58. The highest BCUT2D eigenvalue weighted by Gasteiger charge is 2.15. The molecular weight excluding hydrogens is 219 g/mol. The van der Waals surface area contributed by atoms with Crippen molar-refractivity contribution in [2.45, 2.75) is 26.7 Å². The van der Waals surface area contributed by atoms with Gasteiger partial charge in [0.2, 0.25) is 0 Å². The summed E-state index contributed by atoms with van der Waals surface area (Å²) in [4.78, 5) is 0. The third-order valence-corrected chi connectivity index (χ3v) is 2.55. The Kier molecular flexibility index (Phi) is 2.83. The van der Waals surface area contributed by atoms with Crippen molar-refractivity contribution in [2.24, 2.45) is 0 Å². The van der Waals surface area contributed by atoms with E-state index in [0.717, 1.165) is 11.3 Å². The van der Waals surface area contributed by atoms with E-state index in [9.17, 15) is 4.39 Å². The van der Waals surface area contributed by atoms with Crippen LogP contribution < -0.4 is 5.73 Å². The first-order chi connectivity index (χ1) is 7.99. The summed E-state index contributed by atoms with van der Waals surface area (Å²) in [5.41, 5.74) is 8.05. The number of anilines is 1. The SMILES string of the molecule is Cc1cc(F)cc(-n2nnc(N)c2C(C)C)c1. The Labute approximate surface area is 99.2 Å². The minimum atomic E-state index is -0.288. The Hall–Kier alpha value is -1.91. The molecule has 0 saturated carbocycles. The fourth-order valence-electron chi connectivity index (χ4n) is 1.87. The predicted octanol–water partition coefficient (Wildman–Crippen LogP) is 2.42. The van der Waals surface area contributed by atoms with Crippen LogP contribution in [0.1, 0.15) is 31.0 Å². The van der Waals surface area contributed by atoms with E-state index in [1.54, 1.807) is 4.68 Å². The highest BCUT2D eigenvalue weighted by molar-refractivity contribution is 5.43. The maximum absolute atomic E-state index is 13.4. The van der Waals surface area contributed by atoms with Crippen LogP contribution in [0.15, 0.2) is 18.2 Å². The Bertz CT molecular complexity index is 525. The third-order valence-electron chi connectivity index (χ3n) is 2.55. The Balaban J connectivity index is 2.60. The second kappa shape index (κ2) is 4.16. The van der Waals surface area contributed by atoms with Gasteiger partial charge >= 0.3 is 0 Å². The summed E-state index contributed by atoms with van der Waals surface area (Å²) in [6, 6.07) is 4.74. The van der Waals surface area contributed by atoms with Gasteiger partial charge < -0.3 is 5.73 Å². The monoisotopic (exact) mass is 234 g/mol. The van der Waals surface area contributed by atoms with Gasteiger partial charge in [-0.15, -0.1) is 5.10 Å². The minimum absolute atomic E-state index is 0.175. The number of nitrogens with zero attached hydrogens (tertiary/aromatic N) is 3. The van der Waals surface area contributed by atoms with Crippen molar-refractivity contribution < 1.29 is 4.39 Å². The summed E-state index contributed by atoms with van der Waals surface area (Å²) in [7, 11) is 0.